The number of carbonyl (C=O) groups excluding carboxylic acids is 1. The van der Waals surface area contributed by atoms with E-state index in [1.807, 2.05) is 0 Å². The fourth-order valence-corrected chi connectivity index (χ4v) is 1.82. The van der Waals surface area contributed by atoms with Crippen molar-refractivity contribution in [2.75, 3.05) is 6.54 Å². The number of nitrogens with one attached hydrogen (secondary N) is 1. The van der Waals surface area contributed by atoms with Crippen LogP contribution >= 0.6 is 0 Å². The molecule has 0 bridgehead atoms. The van der Waals surface area contributed by atoms with Crippen LogP contribution in [0.2, 0.25) is 0 Å². The number of hydrogen-bond acceptors (Lipinski definition) is 2. The summed E-state index contributed by atoms with van der Waals surface area (Å²) in [4.78, 5) is 11.7. The minimum Gasteiger partial charge on any atom is -0.351 e. The zero-order chi connectivity index (χ0) is 11.5. The summed E-state index contributed by atoms with van der Waals surface area (Å²) in [7, 11) is 0. The van der Waals surface area contributed by atoms with E-state index in [1.54, 1.807) is 0 Å². The molecule has 1 atom stereocenters. The van der Waals surface area contributed by atoms with Gasteiger partial charge in [-0.2, -0.15) is 0 Å². The Balaban J connectivity index is 2.23. The van der Waals surface area contributed by atoms with Gasteiger partial charge in [-0.05, 0) is 51.5 Å². The first kappa shape index (κ1) is 12.5. The van der Waals surface area contributed by atoms with Gasteiger partial charge in [-0.25, -0.2) is 0 Å². The van der Waals surface area contributed by atoms with Crippen LogP contribution in [0.4, 0.5) is 0 Å². The van der Waals surface area contributed by atoms with Crippen LogP contribution in [0.5, 0.6) is 0 Å². The number of carbonyl (C=O) groups is 1. The Hall–Kier alpha value is -0.570. The summed E-state index contributed by atoms with van der Waals surface area (Å²) in [5.74, 6) is 1.31. The van der Waals surface area contributed by atoms with E-state index in [-0.39, 0.29) is 11.4 Å². The topological polar surface area (TPSA) is 55.1 Å². The third kappa shape index (κ3) is 4.20. The summed E-state index contributed by atoms with van der Waals surface area (Å²) in [6.45, 7) is 6.99. The zero-order valence-electron chi connectivity index (χ0n) is 10.2. The molecule has 1 amide bonds. The molecule has 0 spiro atoms. The molecule has 0 aliphatic heterocycles. The van der Waals surface area contributed by atoms with E-state index in [4.69, 9.17) is 5.73 Å². The van der Waals surface area contributed by atoms with Crippen molar-refractivity contribution in [3.63, 3.8) is 0 Å². The lowest BCUT2D eigenvalue weighted by Gasteiger charge is -2.26. The number of amides is 1. The van der Waals surface area contributed by atoms with Crippen LogP contribution in [0, 0.1) is 11.8 Å². The third-order valence-electron chi connectivity index (χ3n) is 3.33. The van der Waals surface area contributed by atoms with Crippen molar-refractivity contribution in [1.29, 1.82) is 0 Å². The Morgan fingerprint density at radius 1 is 1.53 bits per heavy atom. The zero-order valence-corrected chi connectivity index (χ0v) is 10.2. The first-order valence-corrected chi connectivity index (χ1v) is 5.96. The highest BCUT2D eigenvalue weighted by Crippen LogP contribution is 2.39. The van der Waals surface area contributed by atoms with Crippen LogP contribution < -0.4 is 11.1 Å². The summed E-state index contributed by atoms with van der Waals surface area (Å²) in [6, 6.07) is 0. The maximum atomic E-state index is 11.7. The van der Waals surface area contributed by atoms with E-state index in [0.717, 1.165) is 6.42 Å². The fourth-order valence-electron chi connectivity index (χ4n) is 1.82. The van der Waals surface area contributed by atoms with E-state index >= 15 is 0 Å². The smallest absolute Gasteiger partial charge is 0.220 e. The predicted molar refractivity (Wildman–Crippen MR) is 62.4 cm³/mol. The summed E-state index contributed by atoms with van der Waals surface area (Å²) >= 11 is 0. The molecule has 15 heavy (non-hydrogen) atoms. The molecular weight excluding hydrogens is 188 g/mol. The fraction of sp³-hybridized carbons (Fsp3) is 0.917. The molecule has 0 aromatic carbocycles. The van der Waals surface area contributed by atoms with Gasteiger partial charge in [0.25, 0.3) is 0 Å². The minimum absolute atomic E-state index is 0.0109. The van der Waals surface area contributed by atoms with Gasteiger partial charge in [0.05, 0.1) is 0 Å². The largest absolute Gasteiger partial charge is 0.351 e. The van der Waals surface area contributed by atoms with Crippen molar-refractivity contribution in [2.45, 2.75) is 52.0 Å². The predicted octanol–water partition coefficient (Wildman–Crippen LogP) is 1.67. The van der Waals surface area contributed by atoms with Crippen LogP contribution in [0.15, 0.2) is 0 Å². The van der Waals surface area contributed by atoms with Gasteiger partial charge in [-0.1, -0.05) is 6.92 Å². The second kappa shape index (κ2) is 4.97. The lowest BCUT2D eigenvalue weighted by Crippen LogP contribution is -2.45. The van der Waals surface area contributed by atoms with Crippen LogP contribution in [-0.2, 0) is 4.79 Å². The molecule has 1 aliphatic carbocycles. The Morgan fingerprint density at radius 3 is 2.60 bits per heavy atom. The Morgan fingerprint density at radius 2 is 2.13 bits per heavy atom. The molecule has 0 aromatic rings. The lowest BCUT2D eigenvalue weighted by atomic mass is 9.98. The normalized spacial score (nSPS) is 18.7. The monoisotopic (exact) mass is 212 g/mol. The summed E-state index contributed by atoms with van der Waals surface area (Å²) in [5.41, 5.74) is 5.50. The average molecular weight is 212 g/mol. The van der Waals surface area contributed by atoms with E-state index < -0.39 is 0 Å². The molecule has 3 nitrogen and oxygen atoms in total. The summed E-state index contributed by atoms with van der Waals surface area (Å²) in [6.07, 6.45) is 4.01. The Kier molecular flexibility index (Phi) is 4.14. The molecule has 0 aromatic heterocycles. The highest BCUT2D eigenvalue weighted by atomic mass is 16.1. The maximum Gasteiger partial charge on any atom is 0.220 e. The second-order valence-corrected chi connectivity index (χ2v) is 5.42. The molecule has 1 saturated carbocycles. The van der Waals surface area contributed by atoms with Gasteiger partial charge in [0.2, 0.25) is 5.91 Å². The van der Waals surface area contributed by atoms with Gasteiger partial charge < -0.3 is 11.1 Å². The quantitative estimate of drug-likeness (QED) is 0.703. The van der Waals surface area contributed by atoms with Crippen molar-refractivity contribution in [2.24, 2.45) is 17.6 Å². The van der Waals surface area contributed by atoms with Crippen LogP contribution in [0.1, 0.15) is 46.5 Å². The third-order valence-corrected chi connectivity index (χ3v) is 3.33. The van der Waals surface area contributed by atoms with Crippen LogP contribution in [0.3, 0.4) is 0 Å². The Labute approximate surface area is 92.8 Å². The molecule has 3 N–H and O–H groups in total. The van der Waals surface area contributed by atoms with Gasteiger partial charge in [0.15, 0.2) is 0 Å². The number of hydrogen-bond donors (Lipinski definition) is 2. The lowest BCUT2D eigenvalue weighted by molar-refractivity contribution is -0.123. The van der Waals surface area contributed by atoms with Gasteiger partial charge in [0, 0.05) is 12.0 Å². The standard InChI is InChI=1S/C12H24N2O/c1-9(8-13)4-7-11(15)14-12(2,3)10-5-6-10/h9-10H,4-8,13H2,1-3H3,(H,14,15). The highest BCUT2D eigenvalue weighted by Gasteiger charge is 2.38. The second-order valence-electron chi connectivity index (χ2n) is 5.42. The average Bonchev–Trinajstić information content (AvgIpc) is 2.96. The molecule has 3 heteroatoms. The van der Waals surface area contributed by atoms with E-state index in [0.29, 0.717) is 24.8 Å². The van der Waals surface area contributed by atoms with Gasteiger partial charge in [-0.3, -0.25) is 4.79 Å². The molecule has 1 aliphatic rings. The van der Waals surface area contributed by atoms with Crippen molar-refractivity contribution >= 4 is 5.91 Å². The van der Waals surface area contributed by atoms with Gasteiger partial charge >= 0.3 is 0 Å². The number of rotatable bonds is 6. The SMILES string of the molecule is CC(CN)CCC(=O)NC(C)(C)C1CC1. The molecule has 1 fully saturated rings. The van der Waals surface area contributed by atoms with Crippen molar-refractivity contribution in [3.8, 4) is 0 Å². The van der Waals surface area contributed by atoms with E-state index in [9.17, 15) is 4.79 Å². The molecule has 0 radical (unpaired) electrons. The summed E-state index contributed by atoms with van der Waals surface area (Å²) < 4.78 is 0. The summed E-state index contributed by atoms with van der Waals surface area (Å²) in [5, 5.41) is 3.12. The van der Waals surface area contributed by atoms with Gasteiger partial charge in [0.1, 0.15) is 0 Å². The van der Waals surface area contributed by atoms with Crippen molar-refractivity contribution in [1.82, 2.24) is 5.32 Å². The molecule has 0 heterocycles. The first-order chi connectivity index (χ1) is 6.95. The molecule has 0 saturated heterocycles. The van der Waals surface area contributed by atoms with E-state index in [1.165, 1.54) is 12.8 Å². The van der Waals surface area contributed by atoms with Crippen molar-refractivity contribution in [3.05, 3.63) is 0 Å². The maximum absolute atomic E-state index is 11.7. The minimum atomic E-state index is -0.0109. The number of nitrogens with two attached hydrogens (primary N) is 1. The molecule has 1 rings (SSSR count). The van der Waals surface area contributed by atoms with E-state index in [2.05, 4.69) is 26.1 Å². The molecule has 1 unspecified atom stereocenters. The molecule has 88 valence electrons. The highest BCUT2D eigenvalue weighted by molar-refractivity contribution is 5.76. The van der Waals surface area contributed by atoms with Crippen LogP contribution in [0.25, 0.3) is 0 Å². The van der Waals surface area contributed by atoms with Crippen LogP contribution in [-0.4, -0.2) is 18.0 Å². The Bertz CT molecular complexity index is 222. The first-order valence-electron chi connectivity index (χ1n) is 5.96. The van der Waals surface area contributed by atoms with Crippen molar-refractivity contribution < 1.29 is 4.79 Å². The van der Waals surface area contributed by atoms with Gasteiger partial charge in [-0.15, -0.1) is 0 Å². The molecular formula is C12H24N2O.